The van der Waals surface area contributed by atoms with Crippen molar-refractivity contribution in [2.24, 2.45) is 0 Å². The fraction of sp³-hybridized carbons (Fsp3) is 0.333. The Hall–Kier alpha value is -1.39. The Bertz CT molecular complexity index is 603. The second-order valence-electron chi connectivity index (χ2n) is 4.85. The summed E-state index contributed by atoms with van der Waals surface area (Å²) in [6.45, 7) is 1.76. The SMILES string of the molecule is O=C(c1ccc(-c2nc(CCl)cs2)cc1)N1CCCC1. The molecule has 0 spiro atoms. The van der Waals surface area contributed by atoms with Gasteiger partial charge in [0.25, 0.3) is 5.91 Å². The Kier molecular flexibility index (Phi) is 4.03. The summed E-state index contributed by atoms with van der Waals surface area (Å²) in [6, 6.07) is 7.69. The molecular weight excluding hydrogens is 292 g/mol. The number of halogens is 1. The molecule has 0 bridgehead atoms. The van der Waals surface area contributed by atoms with Gasteiger partial charge in [-0.25, -0.2) is 4.98 Å². The van der Waals surface area contributed by atoms with Crippen LogP contribution in [0, 0.1) is 0 Å². The van der Waals surface area contributed by atoms with Crippen LogP contribution in [0.15, 0.2) is 29.6 Å². The average molecular weight is 307 g/mol. The first kappa shape index (κ1) is 13.6. The van der Waals surface area contributed by atoms with Crippen LogP contribution >= 0.6 is 22.9 Å². The van der Waals surface area contributed by atoms with Gasteiger partial charge in [-0.2, -0.15) is 0 Å². The molecule has 1 aliphatic rings. The molecule has 3 rings (SSSR count). The molecule has 1 fully saturated rings. The molecule has 5 heteroatoms. The largest absolute Gasteiger partial charge is 0.339 e. The molecule has 2 aromatic rings. The van der Waals surface area contributed by atoms with E-state index >= 15 is 0 Å². The highest BCUT2D eigenvalue weighted by atomic mass is 35.5. The lowest BCUT2D eigenvalue weighted by molar-refractivity contribution is 0.0793. The molecule has 0 saturated carbocycles. The summed E-state index contributed by atoms with van der Waals surface area (Å²) >= 11 is 7.34. The predicted molar refractivity (Wildman–Crippen MR) is 82.2 cm³/mol. The first-order chi connectivity index (χ1) is 9.78. The molecule has 0 unspecified atom stereocenters. The van der Waals surface area contributed by atoms with Crippen molar-refractivity contribution in [2.75, 3.05) is 13.1 Å². The zero-order chi connectivity index (χ0) is 13.9. The zero-order valence-electron chi connectivity index (χ0n) is 11.0. The topological polar surface area (TPSA) is 33.2 Å². The summed E-state index contributed by atoms with van der Waals surface area (Å²) in [7, 11) is 0. The van der Waals surface area contributed by atoms with Crippen molar-refractivity contribution in [1.82, 2.24) is 9.88 Å². The highest BCUT2D eigenvalue weighted by Gasteiger charge is 2.19. The van der Waals surface area contributed by atoms with Crippen LogP contribution in [0.25, 0.3) is 10.6 Å². The second-order valence-corrected chi connectivity index (χ2v) is 5.98. The van der Waals surface area contributed by atoms with Crippen molar-refractivity contribution in [3.05, 3.63) is 40.9 Å². The third kappa shape index (κ3) is 2.72. The maximum atomic E-state index is 12.2. The number of thiazole rings is 1. The minimum atomic E-state index is 0.134. The van der Waals surface area contributed by atoms with Crippen LogP contribution in [0.5, 0.6) is 0 Å². The van der Waals surface area contributed by atoms with Crippen molar-refractivity contribution >= 4 is 28.8 Å². The van der Waals surface area contributed by atoms with E-state index in [2.05, 4.69) is 4.98 Å². The summed E-state index contributed by atoms with van der Waals surface area (Å²) in [6.07, 6.45) is 2.23. The Morgan fingerprint density at radius 1 is 1.25 bits per heavy atom. The minimum absolute atomic E-state index is 0.134. The van der Waals surface area contributed by atoms with Crippen molar-refractivity contribution in [3.8, 4) is 10.6 Å². The zero-order valence-corrected chi connectivity index (χ0v) is 12.6. The molecule has 0 radical (unpaired) electrons. The lowest BCUT2D eigenvalue weighted by atomic mass is 10.1. The molecule has 0 atom stereocenters. The van der Waals surface area contributed by atoms with Gasteiger partial charge in [0.2, 0.25) is 0 Å². The van der Waals surface area contributed by atoms with Crippen molar-refractivity contribution in [1.29, 1.82) is 0 Å². The number of alkyl halides is 1. The normalized spacial score (nSPS) is 14.8. The van der Waals surface area contributed by atoms with Crippen molar-refractivity contribution in [2.45, 2.75) is 18.7 Å². The minimum Gasteiger partial charge on any atom is -0.339 e. The number of rotatable bonds is 3. The van der Waals surface area contributed by atoms with Gasteiger partial charge in [-0.15, -0.1) is 22.9 Å². The number of aromatic nitrogens is 1. The van der Waals surface area contributed by atoms with Gasteiger partial charge >= 0.3 is 0 Å². The van der Waals surface area contributed by atoms with E-state index in [0.29, 0.717) is 5.88 Å². The first-order valence-corrected chi connectivity index (χ1v) is 8.09. The maximum absolute atomic E-state index is 12.2. The van der Waals surface area contributed by atoms with E-state index in [0.717, 1.165) is 47.8 Å². The summed E-state index contributed by atoms with van der Waals surface area (Å²) in [5.41, 5.74) is 2.68. The van der Waals surface area contributed by atoms with E-state index in [1.54, 1.807) is 11.3 Å². The summed E-state index contributed by atoms with van der Waals surface area (Å²) in [5, 5.41) is 2.91. The summed E-state index contributed by atoms with van der Waals surface area (Å²) in [5.74, 6) is 0.566. The van der Waals surface area contributed by atoms with Crippen LogP contribution in [0.2, 0.25) is 0 Å². The average Bonchev–Trinajstić information content (AvgIpc) is 3.18. The fourth-order valence-corrected chi connectivity index (χ4v) is 3.41. The molecule has 1 amide bonds. The van der Waals surface area contributed by atoms with Gasteiger partial charge in [0.15, 0.2) is 0 Å². The number of nitrogens with zero attached hydrogens (tertiary/aromatic N) is 2. The van der Waals surface area contributed by atoms with Crippen molar-refractivity contribution < 1.29 is 4.79 Å². The van der Waals surface area contributed by atoms with Gasteiger partial charge in [-0.05, 0) is 25.0 Å². The third-order valence-corrected chi connectivity index (χ3v) is 4.67. The number of likely N-dealkylation sites (tertiary alicyclic amines) is 1. The number of carbonyl (C=O) groups is 1. The fourth-order valence-electron chi connectivity index (χ4n) is 2.36. The lowest BCUT2D eigenvalue weighted by Gasteiger charge is -2.15. The molecule has 1 aliphatic heterocycles. The van der Waals surface area contributed by atoms with Gasteiger partial charge in [-0.1, -0.05) is 12.1 Å². The standard InChI is InChI=1S/C15H15ClN2OS/c16-9-13-10-20-14(17-13)11-3-5-12(6-4-11)15(19)18-7-1-2-8-18/h3-6,10H,1-2,7-9H2. The number of hydrogen-bond acceptors (Lipinski definition) is 3. The van der Waals surface area contributed by atoms with E-state index < -0.39 is 0 Å². The molecule has 3 nitrogen and oxygen atoms in total. The highest BCUT2D eigenvalue weighted by Crippen LogP contribution is 2.25. The number of amides is 1. The molecular formula is C15H15ClN2OS. The summed E-state index contributed by atoms with van der Waals surface area (Å²) < 4.78 is 0. The van der Waals surface area contributed by atoms with E-state index in [9.17, 15) is 4.79 Å². The molecule has 0 N–H and O–H groups in total. The Morgan fingerprint density at radius 2 is 1.95 bits per heavy atom. The Labute approximate surface area is 127 Å². The van der Waals surface area contributed by atoms with E-state index in [1.807, 2.05) is 34.5 Å². The van der Waals surface area contributed by atoms with Crippen molar-refractivity contribution in [3.63, 3.8) is 0 Å². The van der Waals surface area contributed by atoms with E-state index in [-0.39, 0.29) is 5.91 Å². The number of benzene rings is 1. The van der Waals surface area contributed by atoms with Gasteiger partial charge in [0, 0.05) is 29.6 Å². The summed E-state index contributed by atoms with van der Waals surface area (Å²) in [4.78, 5) is 18.6. The van der Waals surface area contributed by atoms with Gasteiger partial charge in [0.1, 0.15) is 5.01 Å². The second kappa shape index (κ2) is 5.94. The van der Waals surface area contributed by atoms with Gasteiger partial charge in [-0.3, -0.25) is 4.79 Å². The van der Waals surface area contributed by atoms with E-state index in [4.69, 9.17) is 11.6 Å². The molecule has 1 saturated heterocycles. The molecule has 2 heterocycles. The van der Waals surface area contributed by atoms with Crippen LogP contribution in [0.4, 0.5) is 0 Å². The molecule has 20 heavy (non-hydrogen) atoms. The highest BCUT2D eigenvalue weighted by molar-refractivity contribution is 7.13. The lowest BCUT2D eigenvalue weighted by Crippen LogP contribution is -2.27. The van der Waals surface area contributed by atoms with Crippen LogP contribution in [0.1, 0.15) is 28.9 Å². The maximum Gasteiger partial charge on any atom is 0.253 e. The molecule has 0 aliphatic carbocycles. The number of hydrogen-bond donors (Lipinski definition) is 0. The van der Waals surface area contributed by atoms with Crippen LogP contribution in [-0.2, 0) is 5.88 Å². The molecule has 1 aromatic carbocycles. The van der Waals surface area contributed by atoms with Gasteiger partial charge < -0.3 is 4.90 Å². The first-order valence-electron chi connectivity index (χ1n) is 6.68. The third-order valence-electron chi connectivity index (χ3n) is 3.46. The molecule has 104 valence electrons. The molecule has 1 aromatic heterocycles. The predicted octanol–water partition coefficient (Wildman–Crippen LogP) is 3.78. The monoisotopic (exact) mass is 306 g/mol. The van der Waals surface area contributed by atoms with Crippen LogP contribution in [0.3, 0.4) is 0 Å². The van der Waals surface area contributed by atoms with Crippen LogP contribution in [-0.4, -0.2) is 28.9 Å². The Morgan fingerprint density at radius 3 is 2.55 bits per heavy atom. The van der Waals surface area contributed by atoms with Gasteiger partial charge in [0.05, 0.1) is 11.6 Å². The smallest absolute Gasteiger partial charge is 0.253 e. The Balaban J connectivity index is 1.78. The quantitative estimate of drug-likeness (QED) is 0.808. The van der Waals surface area contributed by atoms with E-state index in [1.165, 1.54) is 0 Å². The number of carbonyl (C=O) groups excluding carboxylic acids is 1. The van der Waals surface area contributed by atoms with Crippen LogP contribution < -0.4 is 0 Å².